The van der Waals surface area contributed by atoms with Crippen molar-refractivity contribution < 1.29 is 19.1 Å². The van der Waals surface area contributed by atoms with Gasteiger partial charge in [0, 0.05) is 24.1 Å². The molecule has 1 heterocycles. The Morgan fingerprint density at radius 3 is 2.57 bits per heavy atom. The Morgan fingerprint density at radius 1 is 1.29 bits per heavy atom. The zero-order valence-corrected chi connectivity index (χ0v) is 17.6. The van der Waals surface area contributed by atoms with Crippen molar-refractivity contribution in [1.29, 1.82) is 0 Å². The minimum Gasteiger partial charge on any atom is -0.459 e. The highest BCUT2D eigenvalue weighted by Gasteiger charge is 2.27. The van der Waals surface area contributed by atoms with Crippen molar-refractivity contribution in [3.05, 3.63) is 23.8 Å². The molecule has 0 aliphatic carbocycles. The highest BCUT2D eigenvalue weighted by Crippen LogP contribution is 2.28. The summed E-state index contributed by atoms with van der Waals surface area (Å²) in [6, 6.07) is 4.95. The Labute approximate surface area is 166 Å². The Morgan fingerprint density at radius 2 is 1.96 bits per heavy atom. The van der Waals surface area contributed by atoms with E-state index >= 15 is 0 Å². The second-order valence-electron chi connectivity index (χ2n) is 8.33. The van der Waals surface area contributed by atoms with Crippen LogP contribution in [0.1, 0.15) is 64.7 Å². The van der Waals surface area contributed by atoms with Gasteiger partial charge in [-0.2, -0.15) is 0 Å². The molecular formula is C21H31N3O4. The lowest BCUT2D eigenvalue weighted by Gasteiger charge is -2.29. The lowest BCUT2D eigenvalue weighted by Crippen LogP contribution is -2.43. The number of anilines is 2. The van der Waals surface area contributed by atoms with Crippen LogP contribution in [-0.4, -0.2) is 46.9 Å². The van der Waals surface area contributed by atoms with Crippen LogP contribution in [0, 0.1) is 0 Å². The van der Waals surface area contributed by atoms with E-state index in [1.807, 2.05) is 20.8 Å². The van der Waals surface area contributed by atoms with Gasteiger partial charge < -0.3 is 20.3 Å². The van der Waals surface area contributed by atoms with Gasteiger partial charge in [-0.1, -0.05) is 6.92 Å². The van der Waals surface area contributed by atoms with E-state index in [4.69, 9.17) is 4.74 Å². The third-order valence-corrected chi connectivity index (χ3v) is 4.54. The van der Waals surface area contributed by atoms with Crippen LogP contribution < -0.4 is 10.6 Å². The molecule has 154 valence electrons. The first-order valence-electron chi connectivity index (χ1n) is 9.73. The number of carbonyl (C=O) groups excluding carboxylic acids is 3. The number of carbonyl (C=O) groups is 3. The lowest BCUT2D eigenvalue weighted by atomic mass is 10.1. The highest BCUT2D eigenvalue weighted by molar-refractivity contribution is 6.01. The predicted octanol–water partition coefficient (Wildman–Crippen LogP) is 3.41. The fourth-order valence-electron chi connectivity index (χ4n) is 3.03. The standard InChI is InChI=1S/C21H31N3O4/c1-7-14(3)24(12-19(26)28-21(4,5)6)20(27)15-8-9-16-17(11-15)22-13(2)10-18(25)23-16/h8-9,11,13-14,22H,7,10,12H2,1-6H3,(H,23,25). The Balaban J connectivity index is 2.27. The van der Waals surface area contributed by atoms with E-state index in [1.54, 1.807) is 39.0 Å². The van der Waals surface area contributed by atoms with Crippen LogP contribution in [-0.2, 0) is 14.3 Å². The molecule has 7 nitrogen and oxygen atoms in total. The number of esters is 1. The average molecular weight is 389 g/mol. The third-order valence-electron chi connectivity index (χ3n) is 4.54. The maximum atomic E-state index is 13.2. The molecule has 1 aliphatic rings. The second kappa shape index (κ2) is 8.63. The molecule has 7 heteroatoms. The monoisotopic (exact) mass is 389 g/mol. The van der Waals surface area contributed by atoms with Gasteiger partial charge in [-0.25, -0.2) is 0 Å². The molecule has 2 amide bonds. The first kappa shape index (κ1) is 21.7. The molecule has 0 bridgehead atoms. The van der Waals surface area contributed by atoms with Crippen molar-refractivity contribution in [2.45, 2.75) is 72.1 Å². The molecule has 0 spiro atoms. The first-order valence-corrected chi connectivity index (χ1v) is 9.73. The Hall–Kier alpha value is -2.57. The SMILES string of the molecule is CCC(C)N(CC(=O)OC(C)(C)C)C(=O)c1ccc2c(c1)NC(C)CC(=O)N2. The molecule has 0 radical (unpaired) electrons. The summed E-state index contributed by atoms with van der Waals surface area (Å²) >= 11 is 0. The quantitative estimate of drug-likeness (QED) is 0.754. The summed E-state index contributed by atoms with van der Waals surface area (Å²) in [5.74, 6) is -0.744. The van der Waals surface area contributed by atoms with E-state index in [0.717, 1.165) is 0 Å². The van der Waals surface area contributed by atoms with Gasteiger partial charge in [0.25, 0.3) is 5.91 Å². The van der Waals surface area contributed by atoms with Crippen molar-refractivity contribution in [3.63, 3.8) is 0 Å². The molecule has 0 saturated carbocycles. The zero-order valence-electron chi connectivity index (χ0n) is 17.6. The second-order valence-corrected chi connectivity index (χ2v) is 8.33. The minimum atomic E-state index is -0.608. The molecule has 1 aromatic carbocycles. The molecule has 0 aromatic heterocycles. The molecule has 2 N–H and O–H groups in total. The van der Waals surface area contributed by atoms with E-state index < -0.39 is 11.6 Å². The largest absolute Gasteiger partial charge is 0.459 e. The number of hydrogen-bond donors (Lipinski definition) is 2. The van der Waals surface area contributed by atoms with Crippen molar-refractivity contribution in [1.82, 2.24) is 4.90 Å². The van der Waals surface area contributed by atoms with Crippen molar-refractivity contribution in [2.24, 2.45) is 0 Å². The first-order chi connectivity index (χ1) is 13.0. The summed E-state index contributed by atoms with van der Waals surface area (Å²) in [6.45, 7) is 11.1. The van der Waals surface area contributed by atoms with Gasteiger partial charge in [0.2, 0.25) is 5.91 Å². The zero-order chi connectivity index (χ0) is 21.1. The van der Waals surface area contributed by atoms with E-state index in [0.29, 0.717) is 29.8 Å². The molecule has 28 heavy (non-hydrogen) atoms. The van der Waals surface area contributed by atoms with Crippen LogP contribution >= 0.6 is 0 Å². The Kier molecular flexibility index (Phi) is 6.69. The number of nitrogens with zero attached hydrogens (tertiary/aromatic N) is 1. The summed E-state index contributed by atoms with van der Waals surface area (Å²) in [5.41, 5.74) is 1.20. The third kappa shape index (κ3) is 5.71. The number of benzene rings is 1. The van der Waals surface area contributed by atoms with Crippen molar-refractivity contribution >= 4 is 29.2 Å². The summed E-state index contributed by atoms with van der Waals surface area (Å²) < 4.78 is 5.39. The predicted molar refractivity (Wildman–Crippen MR) is 109 cm³/mol. The van der Waals surface area contributed by atoms with E-state index in [-0.39, 0.29) is 30.4 Å². The van der Waals surface area contributed by atoms with E-state index in [9.17, 15) is 14.4 Å². The average Bonchev–Trinajstić information content (AvgIpc) is 2.72. The van der Waals surface area contributed by atoms with Crippen LogP contribution in [0.2, 0.25) is 0 Å². The van der Waals surface area contributed by atoms with Gasteiger partial charge >= 0.3 is 5.97 Å². The summed E-state index contributed by atoms with van der Waals surface area (Å²) in [5, 5.41) is 6.10. The normalized spacial score (nSPS) is 17.5. The van der Waals surface area contributed by atoms with Crippen molar-refractivity contribution in [3.8, 4) is 0 Å². The smallest absolute Gasteiger partial charge is 0.326 e. The summed E-state index contributed by atoms with van der Waals surface area (Å²) in [4.78, 5) is 38.9. The molecule has 2 rings (SSSR count). The van der Waals surface area contributed by atoms with Crippen LogP contribution in [0.5, 0.6) is 0 Å². The number of ether oxygens (including phenoxy) is 1. The van der Waals surface area contributed by atoms with Crippen LogP contribution in [0.3, 0.4) is 0 Å². The van der Waals surface area contributed by atoms with Gasteiger partial charge in [-0.15, -0.1) is 0 Å². The maximum absolute atomic E-state index is 13.2. The fourth-order valence-corrected chi connectivity index (χ4v) is 3.03. The minimum absolute atomic E-state index is 0.0426. The Bertz CT molecular complexity index is 755. The molecular weight excluding hydrogens is 358 g/mol. The van der Waals surface area contributed by atoms with Gasteiger partial charge in [0.1, 0.15) is 12.1 Å². The molecule has 0 saturated heterocycles. The molecule has 1 aromatic rings. The van der Waals surface area contributed by atoms with Gasteiger partial charge in [0.05, 0.1) is 11.4 Å². The van der Waals surface area contributed by atoms with Crippen molar-refractivity contribution in [2.75, 3.05) is 17.2 Å². The highest BCUT2D eigenvalue weighted by atomic mass is 16.6. The van der Waals surface area contributed by atoms with Gasteiger partial charge in [-0.3, -0.25) is 14.4 Å². The van der Waals surface area contributed by atoms with E-state index in [1.165, 1.54) is 4.90 Å². The maximum Gasteiger partial charge on any atom is 0.326 e. The number of hydrogen-bond acceptors (Lipinski definition) is 5. The van der Waals surface area contributed by atoms with Gasteiger partial charge in [0.15, 0.2) is 0 Å². The van der Waals surface area contributed by atoms with E-state index in [2.05, 4.69) is 10.6 Å². The number of nitrogens with one attached hydrogen (secondary N) is 2. The number of rotatable bonds is 5. The molecule has 1 aliphatic heterocycles. The van der Waals surface area contributed by atoms with Crippen LogP contribution in [0.4, 0.5) is 11.4 Å². The molecule has 0 fully saturated rings. The van der Waals surface area contributed by atoms with Gasteiger partial charge in [-0.05, 0) is 59.2 Å². The number of amides is 2. The number of fused-ring (bicyclic) bond motifs is 1. The molecule has 2 atom stereocenters. The summed E-state index contributed by atoms with van der Waals surface area (Å²) in [7, 11) is 0. The lowest BCUT2D eigenvalue weighted by molar-refractivity contribution is -0.156. The fraction of sp³-hybridized carbons (Fsp3) is 0.571. The topological polar surface area (TPSA) is 87.7 Å². The summed E-state index contributed by atoms with van der Waals surface area (Å²) in [6.07, 6.45) is 1.07. The molecule has 2 unspecified atom stereocenters. The van der Waals surface area contributed by atoms with Crippen LogP contribution in [0.15, 0.2) is 18.2 Å². The van der Waals surface area contributed by atoms with Crippen LogP contribution in [0.25, 0.3) is 0 Å².